The van der Waals surface area contributed by atoms with E-state index in [0.717, 1.165) is 12.8 Å². The van der Waals surface area contributed by atoms with Gasteiger partial charge in [-0.1, -0.05) is 51.9 Å². The first-order valence-electron chi connectivity index (χ1n) is 5.43. The Kier molecular flexibility index (Phi) is 9.02. The van der Waals surface area contributed by atoms with Crippen LogP contribution in [0.5, 0.6) is 0 Å². The Morgan fingerprint density at radius 3 is 1.92 bits per heavy atom. The fourth-order valence-corrected chi connectivity index (χ4v) is 1.39. The van der Waals surface area contributed by atoms with Gasteiger partial charge in [-0.2, -0.15) is 0 Å². The predicted octanol–water partition coefficient (Wildman–Crippen LogP) is 3.95. The van der Waals surface area contributed by atoms with E-state index in [-0.39, 0.29) is 6.10 Å². The van der Waals surface area contributed by atoms with Crippen LogP contribution in [0.3, 0.4) is 0 Å². The Labute approximate surface area is 77.2 Å². The summed E-state index contributed by atoms with van der Waals surface area (Å²) in [5, 5.41) is 10.7. The molecule has 1 atom stereocenters. The maximum atomic E-state index is 10.7. The van der Waals surface area contributed by atoms with Crippen molar-refractivity contribution in [3.8, 4) is 0 Å². The number of rotatable bonds is 8. The van der Waals surface area contributed by atoms with Gasteiger partial charge in [0.25, 0.3) is 0 Å². The predicted molar refractivity (Wildman–Crippen MR) is 52.8 cm³/mol. The van der Waals surface area contributed by atoms with Crippen molar-refractivity contribution in [2.24, 2.45) is 0 Å². The summed E-state index contributed by atoms with van der Waals surface area (Å²) in [5.41, 5.74) is 0. The number of unbranched alkanes of at least 4 members (excludes halogenated alkanes) is 6. The van der Waals surface area contributed by atoms with Crippen LogP contribution < -0.4 is 0 Å². The van der Waals surface area contributed by atoms with Gasteiger partial charge in [0.05, 0.1) is 6.10 Å². The Morgan fingerprint density at radius 2 is 1.42 bits per heavy atom. The summed E-state index contributed by atoms with van der Waals surface area (Å²) in [4.78, 5) is 0. The maximum absolute atomic E-state index is 10.7. The zero-order valence-electron chi connectivity index (χ0n) is 8.64. The van der Waals surface area contributed by atoms with Crippen molar-refractivity contribution in [3.05, 3.63) is 0 Å². The van der Waals surface area contributed by atoms with Gasteiger partial charge >= 0.3 is 0 Å². The second kappa shape index (κ2) is 9.05. The zero-order valence-corrected chi connectivity index (χ0v) is 8.64. The highest BCUT2D eigenvalue weighted by atomic mass is 16.3. The highest BCUT2D eigenvalue weighted by Crippen LogP contribution is 2.09. The highest BCUT2D eigenvalue weighted by molar-refractivity contribution is 4.49. The average Bonchev–Trinajstić information content (AvgIpc) is 2.02. The molecule has 0 saturated carbocycles. The lowest BCUT2D eigenvalue weighted by atomic mass is 10.1. The first kappa shape index (κ1) is 12.0. The van der Waals surface area contributed by atoms with Crippen molar-refractivity contribution < 1.29 is 5.11 Å². The second-order valence-electron chi connectivity index (χ2n) is 3.72. The van der Waals surface area contributed by atoms with Crippen LogP contribution >= 0.6 is 0 Å². The molecule has 0 amide bonds. The van der Waals surface area contributed by atoms with Crippen LogP contribution in [-0.2, 0) is 5.11 Å². The molecule has 0 rings (SSSR count). The molecule has 0 bridgehead atoms. The molecule has 73 valence electrons. The molecule has 0 aromatic carbocycles. The summed E-state index contributed by atoms with van der Waals surface area (Å²) >= 11 is 0. The van der Waals surface area contributed by atoms with E-state index < -0.39 is 0 Å². The van der Waals surface area contributed by atoms with Crippen molar-refractivity contribution in [2.45, 2.75) is 71.3 Å². The van der Waals surface area contributed by atoms with Gasteiger partial charge in [-0.25, -0.2) is 5.11 Å². The number of hydrogen-bond donors (Lipinski definition) is 0. The molecule has 0 aromatic heterocycles. The van der Waals surface area contributed by atoms with Crippen molar-refractivity contribution in [1.29, 1.82) is 0 Å². The van der Waals surface area contributed by atoms with Gasteiger partial charge in [-0.15, -0.1) is 0 Å². The average molecular weight is 171 g/mol. The van der Waals surface area contributed by atoms with E-state index in [4.69, 9.17) is 0 Å². The molecule has 0 N–H and O–H groups in total. The standard InChI is InChI=1S/C11H23O/c1-3-4-5-6-7-8-9-10-11(2)12/h11H,3-10H2,1-2H3. The highest BCUT2D eigenvalue weighted by Gasteiger charge is 1.96. The molecular formula is C11H23O. The molecule has 0 aliphatic carbocycles. The van der Waals surface area contributed by atoms with E-state index in [1.54, 1.807) is 6.92 Å². The van der Waals surface area contributed by atoms with Gasteiger partial charge in [-0.3, -0.25) is 0 Å². The molecule has 0 saturated heterocycles. The van der Waals surface area contributed by atoms with Gasteiger partial charge < -0.3 is 0 Å². The summed E-state index contributed by atoms with van der Waals surface area (Å²) in [6.07, 6.45) is 9.67. The monoisotopic (exact) mass is 171 g/mol. The van der Waals surface area contributed by atoms with Crippen molar-refractivity contribution in [1.82, 2.24) is 0 Å². The van der Waals surface area contributed by atoms with E-state index in [9.17, 15) is 5.11 Å². The van der Waals surface area contributed by atoms with Gasteiger partial charge in [0.2, 0.25) is 0 Å². The molecule has 0 fully saturated rings. The number of hydrogen-bond acceptors (Lipinski definition) is 0. The maximum Gasteiger partial charge on any atom is 0.0902 e. The molecule has 0 aromatic rings. The van der Waals surface area contributed by atoms with Crippen molar-refractivity contribution in [2.75, 3.05) is 0 Å². The van der Waals surface area contributed by atoms with Crippen molar-refractivity contribution >= 4 is 0 Å². The minimum Gasteiger partial charge on any atom is -0.233 e. The van der Waals surface area contributed by atoms with Crippen LogP contribution in [0.4, 0.5) is 0 Å². The summed E-state index contributed by atoms with van der Waals surface area (Å²) in [6, 6.07) is 0. The van der Waals surface area contributed by atoms with Crippen LogP contribution in [0.25, 0.3) is 0 Å². The van der Waals surface area contributed by atoms with E-state index >= 15 is 0 Å². The van der Waals surface area contributed by atoms with Crippen LogP contribution in [0.15, 0.2) is 0 Å². The third-order valence-electron chi connectivity index (χ3n) is 2.21. The SMILES string of the molecule is CCCCCCCCCC(C)[O]. The Bertz CT molecular complexity index is 79.1. The fourth-order valence-electron chi connectivity index (χ4n) is 1.39. The summed E-state index contributed by atoms with van der Waals surface area (Å²) in [7, 11) is 0. The van der Waals surface area contributed by atoms with E-state index in [0.29, 0.717) is 0 Å². The third kappa shape index (κ3) is 9.96. The first-order chi connectivity index (χ1) is 5.77. The molecule has 1 radical (unpaired) electrons. The topological polar surface area (TPSA) is 19.9 Å². The van der Waals surface area contributed by atoms with Gasteiger partial charge in [0, 0.05) is 0 Å². The largest absolute Gasteiger partial charge is 0.233 e. The lowest BCUT2D eigenvalue weighted by Crippen LogP contribution is -1.95. The normalized spacial score (nSPS) is 13.2. The van der Waals surface area contributed by atoms with E-state index in [2.05, 4.69) is 6.92 Å². The van der Waals surface area contributed by atoms with E-state index in [1.165, 1.54) is 38.5 Å². The molecule has 0 heterocycles. The molecule has 1 heteroatoms. The molecule has 0 aliphatic heterocycles. The lowest BCUT2D eigenvalue weighted by Gasteiger charge is -2.01. The van der Waals surface area contributed by atoms with Gasteiger partial charge in [0.15, 0.2) is 0 Å². The fraction of sp³-hybridized carbons (Fsp3) is 1.00. The summed E-state index contributed by atoms with van der Waals surface area (Å²) < 4.78 is 0. The quantitative estimate of drug-likeness (QED) is 0.493. The van der Waals surface area contributed by atoms with E-state index in [1.807, 2.05) is 0 Å². The minimum atomic E-state index is -0.347. The van der Waals surface area contributed by atoms with Gasteiger partial charge in [-0.05, 0) is 13.3 Å². The van der Waals surface area contributed by atoms with Crippen LogP contribution in [0, 0.1) is 0 Å². The first-order valence-corrected chi connectivity index (χ1v) is 5.43. The Balaban J connectivity index is 2.82. The molecule has 0 aliphatic rings. The molecule has 1 unspecified atom stereocenters. The van der Waals surface area contributed by atoms with Crippen LogP contribution in [-0.4, -0.2) is 6.10 Å². The molecule has 12 heavy (non-hydrogen) atoms. The molecule has 0 spiro atoms. The summed E-state index contributed by atoms with van der Waals surface area (Å²) in [5.74, 6) is 0. The summed E-state index contributed by atoms with van der Waals surface area (Å²) in [6.45, 7) is 4.00. The Hall–Kier alpha value is -0.0400. The van der Waals surface area contributed by atoms with Crippen molar-refractivity contribution in [3.63, 3.8) is 0 Å². The van der Waals surface area contributed by atoms with Crippen LogP contribution in [0.1, 0.15) is 65.2 Å². The lowest BCUT2D eigenvalue weighted by molar-refractivity contribution is 0.0950. The second-order valence-corrected chi connectivity index (χ2v) is 3.72. The third-order valence-corrected chi connectivity index (χ3v) is 2.21. The molecule has 1 nitrogen and oxygen atoms in total. The minimum absolute atomic E-state index is 0.347. The van der Waals surface area contributed by atoms with Crippen LogP contribution in [0.2, 0.25) is 0 Å². The molecular weight excluding hydrogens is 148 g/mol. The smallest absolute Gasteiger partial charge is 0.0902 e. The van der Waals surface area contributed by atoms with Gasteiger partial charge in [0.1, 0.15) is 0 Å². The Morgan fingerprint density at radius 1 is 0.917 bits per heavy atom. The zero-order chi connectivity index (χ0) is 9.23.